The summed E-state index contributed by atoms with van der Waals surface area (Å²) in [6.45, 7) is 0. The van der Waals surface area contributed by atoms with Crippen LogP contribution in [0.4, 0.5) is 0 Å². The molecular weight excluding hydrogens is 685 g/mol. The third-order valence-electron chi connectivity index (χ3n) is 10.9. The van der Waals surface area contributed by atoms with Gasteiger partial charge in [-0.15, -0.1) is 0 Å². The number of fused-ring (bicyclic) bond motifs is 6. The van der Waals surface area contributed by atoms with E-state index in [4.69, 9.17) is 8.83 Å². The normalized spacial score (nSPS) is 11.6. The molecule has 4 heterocycles. The molecule has 0 saturated heterocycles. The maximum absolute atomic E-state index is 6.03. The topological polar surface area (TPSA) is 52.1 Å². The quantitative estimate of drug-likeness (QED) is 0.172. The average Bonchev–Trinajstić information content (AvgIpc) is 3.84. The standard InChI is InChI=1S/C52H32N2O2/c1-6-33(35-8-2-10-37(25-35)39-12-4-14-41(27-39)43-16-18-49-47(29-43)45-20-22-53-31-51(45)55-49)24-34(7-1)36-9-3-11-38(26-36)40-13-5-15-42(28-40)44-17-19-50-48(30-44)46-21-23-54-32-52(46)56-50/h1-32H. The van der Waals surface area contributed by atoms with E-state index in [1.165, 1.54) is 44.5 Å². The highest BCUT2D eigenvalue weighted by atomic mass is 16.3. The Labute approximate surface area is 323 Å². The number of nitrogens with zero attached hydrogens (tertiary/aromatic N) is 2. The van der Waals surface area contributed by atoms with Gasteiger partial charge in [0.15, 0.2) is 11.2 Å². The zero-order valence-electron chi connectivity index (χ0n) is 30.2. The monoisotopic (exact) mass is 716 g/mol. The molecule has 0 aliphatic rings. The first-order valence-electron chi connectivity index (χ1n) is 18.8. The van der Waals surface area contributed by atoms with Crippen LogP contribution in [-0.4, -0.2) is 9.97 Å². The van der Waals surface area contributed by atoms with Gasteiger partial charge >= 0.3 is 0 Å². The molecule has 0 fully saturated rings. The maximum Gasteiger partial charge on any atom is 0.153 e. The van der Waals surface area contributed by atoms with E-state index in [1.807, 2.05) is 24.5 Å². The predicted molar refractivity (Wildman–Crippen MR) is 229 cm³/mol. The molecule has 0 atom stereocenters. The predicted octanol–water partition coefficient (Wildman–Crippen LogP) is 14.3. The van der Waals surface area contributed by atoms with E-state index in [0.717, 1.165) is 66.1 Å². The molecular formula is C52H32N2O2. The van der Waals surface area contributed by atoms with Crippen LogP contribution in [0.2, 0.25) is 0 Å². The number of rotatable bonds is 6. The minimum atomic E-state index is 0.806. The molecule has 262 valence electrons. The first-order valence-corrected chi connectivity index (χ1v) is 18.8. The van der Waals surface area contributed by atoms with Crippen molar-refractivity contribution in [3.8, 4) is 66.8 Å². The van der Waals surface area contributed by atoms with Crippen LogP contribution < -0.4 is 0 Å². The van der Waals surface area contributed by atoms with Crippen molar-refractivity contribution < 1.29 is 8.83 Å². The summed E-state index contributed by atoms with van der Waals surface area (Å²) < 4.78 is 12.1. The fourth-order valence-corrected chi connectivity index (χ4v) is 8.01. The first kappa shape index (κ1) is 31.9. The van der Waals surface area contributed by atoms with E-state index in [0.29, 0.717) is 0 Å². The van der Waals surface area contributed by atoms with Crippen molar-refractivity contribution in [1.82, 2.24) is 9.97 Å². The zero-order valence-corrected chi connectivity index (χ0v) is 30.2. The summed E-state index contributed by atoms with van der Waals surface area (Å²) in [5.74, 6) is 0. The van der Waals surface area contributed by atoms with Crippen LogP contribution in [0.15, 0.2) is 203 Å². The molecule has 0 amide bonds. The minimum Gasteiger partial charge on any atom is -0.454 e. The Morgan fingerprint density at radius 3 is 0.839 bits per heavy atom. The molecule has 4 aromatic heterocycles. The minimum absolute atomic E-state index is 0.806. The van der Waals surface area contributed by atoms with Crippen molar-refractivity contribution in [2.45, 2.75) is 0 Å². The van der Waals surface area contributed by atoms with Crippen LogP contribution in [0.5, 0.6) is 0 Å². The molecule has 0 spiro atoms. The molecule has 0 N–H and O–H groups in total. The van der Waals surface area contributed by atoms with Crippen LogP contribution in [-0.2, 0) is 0 Å². The summed E-state index contributed by atoms with van der Waals surface area (Å²) in [7, 11) is 0. The maximum atomic E-state index is 6.03. The van der Waals surface area contributed by atoms with Crippen LogP contribution >= 0.6 is 0 Å². The molecule has 0 radical (unpaired) electrons. The van der Waals surface area contributed by atoms with Crippen LogP contribution in [0, 0.1) is 0 Å². The molecule has 4 heteroatoms. The third-order valence-corrected chi connectivity index (χ3v) is 10.9. The van der Waals surface area contributed by atoms with Gasteiger partial charge in [-0.3, -0.25) is 9.97 Å². The Morgan fingerprint density at radius 2 is 0.536 bits per heavy atom. The second-order valence-electron chi connectivity index (χ2n) is 14.3. The Bertz CT molecular complexity index is 3060. The molecule has 0 aliphatic heterocycles. The summed E-state index contributed by atoms with van der Waals surface area (Å²) in [6, 6.07) is 60.9. The largest absolute Gasteiger partial charge is 0.454 e. The highest BCUT2D eigenvalue weighted by Crippen LogP contribution is 2.37. The number of pyridine rings is 2. The van der Waals surface area contributed by atoms with E-state index in [9.17, 15) is 0 Å². The summed E-state index contributed by atoms with van der Waals surface area (Å²) in [6.07, 6.45) is 7.19. The van der Waals surface area contributed by atoms with Crippen molar-refractivity contribution in [3.05, 3.63) is 195 Å². The molecule has 0 bridgehead atoms. The molecule has 11 aromatic rings. The summed E-state index contributed by atoms with van der Waals surface area (Å²) >= 11 is 0. The number of benzene rings is 7. The number of hydrogen-bond acceptors (Lipinski definition) is 4. The lowest BCUT2D eigenvalue weighted by atomic mass is 9.93. The Morgan fingerprint density at radius 1 is 0.250 bits per heavy atom. The average molecular weight is 717 g/mol. The van der Waals surface area contributed by atoms with Gasteiger partial charge in [0.1, 0.15) is 11.2 Å². The zero-order chi connectivity index (χ0) is 37.0. The number of aromatic nitrogens is 2. The van der Waals surface area contributed by atoms with Crippen molar-refractivity contribution >= 4 is 43.9 Å². The summed E-state index contributed by atoms with van der Waals surface area (Å²) in [4.78, 5) is 8.45. The van der Waals surface area contributed by atoms with Gasteiger partial charge in [0.05, 0.1) is 12.4 Å². The van der Waals surface area contributed by atoms with Crippen LogP contribution in [0.25, 0.3) is 111 Å². The Balaban J connectivity index is 0.886. The van der Waals surface area contributed by atoms with E-state index < -0.39 is 0 Å². The van der Waals surface area contributed by atoms with E-state index >= 15 is 0 Å². The van der Waals surface area contributed by atoms with Gasteiger partial charge in [-0.05, 0) is 133 Å². The molecule has 7 aromatic carbocycles. The van der Waals surface area contributed by atoms with Gasteiger partial charge < -0.3 is 8.83 Å². The number of hydrogen-bond donors (Lipinski definition) is 0. The first-order chi connectivity index (χ1) is 27.7. The summed E-state index contributed by atoms with van der Waals surface area (Å²) in [5.41, 5.74) is 17.4. The molecule has 11 rings (SSSR count). The fourth-order valence-electron chi connectivity index (χ4n) is 8.01. The van der Waals surface area contributed by atoms with Gasteiger partial charge in [0.25, 0.3) is 0 Å². The fraction of sp³-hybridized carbons (Fsp3) is 0. The van der Waals surface area contributed by atoms with Gasteiger partial charge in [0.2, 0.25) is 0 Å². The Kier molecular flexibility index (Phi) is 7.46. The van der Waals surface area contributed by atoms with Crippen molar-refractivity contribution in [2.75, 3.05) is 0 Å². The van der Waals surface area contributed by atoms with Crippen LogP contribution in [0.3, 0.4) is 0 Å². The molecule has 0 unspecified atom stereocenters. The molecule has 0 saturated carbocycles. The SMILES string of the molecule is c1cc(-c2cccc(-c3cccc(-c4ccc5oc6cnccc6c5c4)c3)c2)cc(-c2cccc(-c3cccc(-c4ccc5oc6cnccc6c5c4)c3)c2)c1. The van der Waals surface area contributed by atoms with E-state index in [1.54, 1.807) is 12.4 Å². The lowest BCUT2D eigenvalue weighted by molar-refractivity contribution is 0.666. The molecule has 4 nitrogen and oxygen atoms in total. The smallest absolute Gasteiger partial charge is 0.153 e. The number of furan rings is 2. The van der Waals surface area contributed by atoms with E-state index in [-0.39, 0.29) is 0 Å². The van der Waals surface area contributed by atoms with Gasteiger partial charge in [-0.1, -0.05) is 103 Å². The van der Waals surface area contributed by atoms with Crippen molar-refractivity contribution in [1.29, 1.82) is 0 Å². The van der Waals surface area contributed by atoms with Gasteiger partial charge in [0, 0.05) is 33.9 Å². The second-order valence-corrected chi connectivity index (χ2v) is 14.3. The Hall–Kier alpha value is -7.56. The third kappa shape index (κ3) is 5.64. The van der Waals surface area contributed by atoms with Gasteiger partial charge in [-0.2, -0.15) is 0 Å². The van der Waals surface area contributed by atoms with E-state index in [2.05, 4.69) is 168 Å². The van der Waals surface area contributed by atoms with Crippen molar-refractivity contribution in [3.63, 3.8) is 0 Å². The highest BCUT2D eigenvalue weighted by Gasteiger charge is 2.12. The van der Waals surface area contributed by atoms with Crippen LogP contribution in [0.1, 0.15) is 0 Å². The van der Waals surface area contributed by atoms with Gasteiger partial charge in [-0.25, -0.2) is 0 Å². The highest BCUT2D eigenvalue weighted by molar-refractivity contribution is 6.07. The summed E-state index contributed by atoms with van der Waals surface area (Å²) in [5, 5.41) is 4.36. The lowest BCUT2D eigenvalue weighted by Gasteiger charge is -2.11. The lowest BCUT2D eigenvalue weighted by Crippen LogP contribution is -1.86. The van der Waals surface area contributed by atoms with Crippen molar-refractivity contribution in [2.24, 2.45) is 0 Å². The second kappa shape index (κ2) is 13.1. The molecule has 0 aliphatic carbocycles. The molecule has 56 heavy (non-hydrogen) atoms.